The van der Waals surface area contributed by atoms with Gasteiger partial charge in [-0.2, -0.15) is 5.10 Å². The monoisotopic (exact) mass is 480 g/mol. The average molecular weight is 481 g/mol. The molecule has 0 aliphatic carbocycles. The van der Waals surface area contributed by atoms with Gasteiger partial charge in [0.1, 0.15) is 11.6 Å². The molecule has 4 rings (SSSR count). The van der Waals surface area contributed by atoms with Crippen LogP contribution in [0.2, 0.25) is 0 Å². The number of morpholine rings is 1. The Kier molecular flexibility index (Phi) is 7.57. The van der Waals surface area contributed by atoms with Crippen LogP contribution in [0.1, 0.15) is 35.5 Å². The van der Waals surface area contributed by atoms with Gasteiger partial charge in [-0.05, 0) is 62.7 Å². The minimum Gasteiger partial charge on any atom is -0.452 e. The van der Waals surface area contributed by atoms with Gasteiger partial charge < -0.3 is 14.8 Å². The number of hydrogen-bond acceptors (Lipinski definition) is 6. The number of rotatable bonds is 7. The lowest BCUT2D eigenvalue weighted by Crippen LogP contribution is -2.44. The first-order valence-electron chi connectivity index (χ1n) is 11.5. The standard InChI is InChI=1S/C26H29FN4O4/c1-17-12-24(31(29-17)23-10-8-22(27)9-11-23)28-25(32)16-34-26(33)21-6-4-20(5-7-21)15-30-13-18(2)35-19(3)14-30/h4-12,18-19H,13-16H2,1-3H3,(H,28,32). The topological polar surface area (TPSA) is 85.7 Å². The van der Waals surface area contributed by atoms with Crippen LogP contribution in [0.25, 0.3) is 5.69 Å². The number of esters is 1. The fraction of sp³-hybridized carbons (Fsp3) is 0.346. The van der Waals surface area contributed by atoms with Gasteiger partial charge in [0.15, 0.2) is 6.61 Å². The number of benzene rings is 2. The normalized spacial score (nSPS) is 18.3. The zero-order valence-corrected chi connectivity index (χ0v) is 20.0. The van der Waals surface area contributed by atoms with Crippen molar-refractivity contribution in [2.75, 3.05) is 25.0 Å². The molecule has 35 heavy (non-hydrogen) atoms. The Labute approximate surface area is 203 Å². The van der Waals surface area contributed by atoms with Crippen molar-refractivity contribution < 1.29 is 23.5 Å². The number of halogens is 1. The third-order valence-electron chi connectivity index (χ3n) is 5.60. The minimum atomic E-state index is -0.580. The number of carbonyl (C=O) groups excluding carboxylic acids is 2. The molecule has 1 aliphatic heterocycles. The molecule has 1 aliphatic rings. The van der Waals surface area contributed by atoms with Gasteiger partial charge in [0.05, 0.1) is 29.2 Å². The summed E-state index contributed by atoms with van der Waals surface area (Å²) in [6.07, 6.45) is 0.384. The Morgan fingerprint density at radius 1 is 1.09 bits per heavy atom. The molecule has 1 amide bonds. The lowest BCUT2D eigenvalue weighted by Gasteiger charge is -2.35. The quantitative estimate of drug-likeness (QED) is 0.519. The zero-order chi connectivity index (χ0) is 24.9. The predicted octanol–water partition coefficient (Wildman–Crippen LogP) is 3.72. The van der Waals surface area contributed by atoms with Gasteiger partial charge in [-0.3, -0.25) is 9.69 Å². The van der Waals surface area contributed by atoms with Gasteiger partial charge in [0.25, 0.3) is 5.91 Å². The predicted molar refractivity (Wildman–Crippen MR) is 129 cm³/mol. The van der Waals surface area contributed by atoms with Gasteiger partial charge in [-0.25, -0.2) is 13.9 Å². The zero-order valence-electron chi connectivity index (χ0n) is 20.0. The van der Waals surface area contributed by atoms with Crippen LogP contribution in [0.4, 0.5) is 10.2 Å². The molecule has 2 atom stereocenters. The Hall–Kier alpha value is -3.56. The molecule has 2 aromatic carbocycles. The summed E-state index contributed by atoms with van der Waals surface area (Å²) in [5.74, 6) is -1.06. The molecule has 0 bridgehead atoms. The molecular weight excluding hydrogens is 451 g/mol. The van der Waals surface area contributed by atoms with E-state index in [0.717, 1.165) is 25.2 Å². The van der Waals surface area contributed by atoms with Crippen molar-refractivity contribution in [3.05, 3.63) is 77.2 Å². The number of anilines is 1. The number of ether oxygens (including phenoxy) is 2. The first-order valence-corrected chi connectivity index (χ1v) is 11.5. The lowest BCUT2D eigenvalue weighted by molar-refractivity contribution is -0.119. The Balaban J connectivity index is 1.30. The summed E-state index contributed by atoms with van der Waals surface area (Å²) in [6.45, 7) is 7.96. The Morgan fingerprint density at radius 3 is 2.40 bits per heavy atom. The van der Waals surface area contributed by atoms with Crippen LogP contribution in [0.3, 0.4) is 0 Å². The van der Waals surface area contributed by atoms with Crippen molar-refractivity contribution in [1.29, 1.82) is 0 Å². The highest BCUT2D eigenvalue weighted by atomic mass is 19.1. The van der Waals surface area contributed by atoms with Crippen molar-refractivity contribution in [3.63, 3.8) is 0 Å². The summed E-state index contributed by atoms with van der Waals surface area (Å²) < 4.78 is 25.7. The second kappa shape index (κ2) is 10.8. The van der Waals surface area contributed by atoms with Crippen LogP contribution >= 0.6 is 0 Å². The fourth-order valence-electron chi connectivity index (χ4n) is 4.18. The van der Waals surface area contributed by atoms with Crippen molar-refractivity contribution in [3.8, 4) is 5.69 Å². The summed E-state index contributed by atoms with van der Waals surface area (Å²) in [4.78, 5) is 27.2. The number of aromatic nitrogens is 2. The third kappa shape index (κ3) is 6.52. The summed E-state index contributed by atoms with van der Waals surface area (Å²) in [5, 5.41) is 7.01. The van der Waals surface area contributed by atoms with Gasteiger partial charge in [0.2, 0.25) is 0 Å². The van der Waals surface area contributed by atoms with E-state index in [1.54, 1.807) is 37.3 Å². The van der Waals surface area contributed by atoms with Crippen molar-refractivity contribution in [2.24, 2.45) is 0 Å². The van der Waals surface area contributed by atoms with Crippen LogP contribution in [0, 0.1) is 12.7 Å². The molecule has 1 saturated heterocycles. The van der Waals surface area contributed by atoms with E-state index in [1.807, 2.05) is 12.1 Å². The number of aryl methyl sites for hydroxylation is 1. The fourth-order valence-corrected chi connectivity index (χ4v) is 4.18. The molecular formula is C26H29FN4O4. The second-order valence-corrected chi connectivity index (χ2v) is 8.83. The lowest BCUT2D eigenvalue weighted by atomic mass is 10.1. The van der Waals surface area contributed by atoms with Gasteiger partial charge in [0, 0.05) is 25.7 Å². The third-order valence-corrected chi connectivity index (χ3v) is 5.60. The molecule has 1 fully saturated rings. The number of amides is 1. The number of nitrogens with zero attached hydrogens (tertiary/aromatic N) is 3. The van der Waals surface area contributed by atoms with Crippen LogP contribution in [-0.2, 0) is 20.8 Å². The largest absolute Gasteiger partial charge is 0.452 e. The summed E-state index contributed by atoms with van der Waals surface area (Å²) in [7, 11) is 0. The molecule has 8 nitrogen and oxygen atoms in total. The van der Waals surface area contributed by atoms with E-state index in [-0.39, 0.29) is 18.0 Å². The highest BCUT2D eigenvalue weighted by molar-refractivity contribution is 5.95. The number of hydrogen-bond donors (Lipinski definition) is 1. The van der Waals surface area contributed by atoms with Crippen LogP contribution in [0.5, 0.6) is 0 Å². The van der Waals surface area contributed by atoms with Crippen LogP contribution in [0.15, 0.2) is 54.6 Å². The summed E-state index contributed by atoms with van der Waals surface area (Å²) in [6, 6.07) is 14.6. The first-order chi connectivity index (χ1) is 16.8. The number of carbonyl (C=O) groups is 2. The van der Waals surface area contributed by atoms with Crippen LogP contribution in [-0.4, -0.2) is 58.5 Å². The highest BCUT2D eigenvalue weighted by Gasteiger charge is 2.22. The summed E-state index contributed by atoms with van der Waals surface area (Å²) >= 11 is 0. The minimum absolute atomic E-state index is 0.192. The maximum absolute atomic E-state index is 13.2. The summed E-state index contributed by atoms with van der Waals surface area (Å²) in [5.41, 5.74) is 2.72. The van der Waals surface area contributed by atoms with E-state index in [9.17, 15) is 14.0 Å². The number of nitrogens with one attached hydrogen (secondary N) is 1. The van der Waals surface area contributed by atoms with E-state index in [1.165, 1.54) is 16.8 Å². The van der Waals surface area contributed by atoms with Crippen molar-refractivity contribution in [2.45, 2.75) is 39.5 Å². The van der Waals surface area contributed by atoms with E-state index in [0.29, 0.717) is 22.8 Å². The van der Waals surface area contributed by atoms with E-state index >= 15 is 0 Å². The molecule has 0 radical (unpaired) electrons. The molecule has 1 N–H and O–H groups in total. The van der Waals surface area contributed by atoms with Gasteiger partial charge >= 0.3 is 5.97 Å². The molecule has 0 spiro atoms. The maximum Gasteiger partial charge on any atom is 0.338 e. The van der Waals surface area contributed by atoms with Gasteiger partial charge in [-0.15, -0.1) is 0 Å². The molecule has 2 unspecified atom stereocenters. The van der Waals surface area contributed by atoms with Crippen LogP contribution < -0.4 is 5.32 Å². The maximum atomic E-state index is 13.2. The SMILES string of the molecule is Cc1cc(NC(=O)COC(=O)c2ccc(CN3CC(C)OC(C)C3)cc2)n(-c2ccc(F)cc2)n1. The average Bonchev–Trinajstić information content (AvgIpc) is 3.17. The van der Waals surface area contributed by atoms with E-state index < -0.39 is 18.5 Å². The highest BCUT2D eigenvalue weighted by Crippen LogP contribution is 2.18. The Morgan fingerprint density at radius 2 is 1.74 bits per heavy atom. The molecule has 2 heterocycles. The molecule has 1 aromatic heterocycles. The molecule has 3 aromatic rings. The Bertz CT molecular complexity index is 1170. The molecule has 184 valence electrons. The first kappa shape index (κ1) is 24.6. The van der Waals surface area contributed by atoms with E-state index in [4.69, 9.17) is 9.47 Å². The smallest absolute Gasteiger partial charge is 0.338 e. The molecule has 0 saturated carbocycles. The van der Waals surface area contributed by atoms with E-state index in [2.05, 4.69) is 29.2 Å². The van der Waals surface area contributed by atoms with Crippen molar-refractivity contribution in [1.82, 2.24) is 14.7 Å². The van der Waals surface area contributed by atoms with Crippen molar-refractivity contribution >= 4 is 17.7 Å². The molecule has 9 heteroatoms. The van der Waals surface area contributed by atoms with Gasteiger partial charge in [-0.1, -0.05) is 12.1 Å². The second-order valence-electron chi connectivity index (χ2n) is 8.83.